The van der Waals surface area contributed by atoms with Gasteiger partial charge in [0, 0.05) is 0 Å². The Morgan fingerprint density at radius 1 is 0.500 bits per heavy atom. The second-order valence-electron chi connectivity index (χ2n) is 2.66. The van der Waals surface area contributed by atoms with Gasteiger partial charge in [-0.3, -0.25) is 0 Å². The van der Waals surface area contributed by atoms with Gasteiger partial charge in [-0.15, -0.1) is 0 Å². The number of ether oxygens (including phenoxy) is 4. The van der Waals surface area contributed by atoms with Gasteiger partial charge in [0.05, 0.1) is 26.4 Å². The second-order valence-corrected chi connectivity index (χ2v) is 2.66. The summed E-state index contributed by atoms with van der Waals surface area (Å²) in [6.45, 7) is 3.65. The Hall–Kier alpha value is -0.680. The molecule has 0 saturated heterocycles. The quantitative estimate of drug-likeness (QED) is 0.548. The maximum atomic E-state index is 4.89. The lowest BCUT2D eigenvalue weighted by Gasteiger charge is -1.93. The lowest BCUT2D eigenvalue weighted by Crippen LogP contribution is -1.94. The van der Waals surface area contributed by atoms with Crippen LogP contribution in [0.5, 0.6) is 0 Å². The third-order valence-electron chi connectivity index (χ3n) is 1.52. The van der Waals surface area contributed by atoms with Crippen molar-refractivity contribution in [2.75, 3.05) is 40.0 Å². The van der Waals surface area contributed by atoms with Crippen LogP contribution in [0.1, 0.15) is 0 Å². The van der Waals surface area contributed by atoms with Gasteiger partial charge in [0.15, 0.2) is 0 Å². The van der Waals surface area contributed by atoms with Gasteiger partial charge in [0.2, 0.25) is 0 Å². The minimum absolute atomic E-state index is 0.438. The molecule has 2 aliphatic rings. The molecule has 0 aromatic rings. The topological polar surface area (TPSA) is 36.9 Å². The number of hydrogen-bond acceptors (Lipinski definition) is 4. The Bertz CT molecular complexity index is 141. The Labute approximate surface area is 84.1 Å². The van der Waals surface area contributed by atoms with Crippen LogP contribution in [0.3, 0.4) is 0 Å². The molecule has 4 nitrogen and oxygen atoms in total. The first-order valence-electron chi connectivity index (χ1n) is 4.61. The zero-order valence-corrected chi connectivity index (χ0v) is 8.19. The fraction of sp³-hybridized carbons (Fsp3) is 0.600. The average molecular weight is 200 g/mol. The van der Waals surface area contributed by atoms with Crippen LogP contribution < -0.4 is 0 Å². The first-order chi connectivity index (χ1) is 7.00. The predicted octanol–water partition coefficient (Wildman–Crippen LogP) is 1.09. The predicted molar refractivity (Wildman–Crippen MR) is 51.8 cm³/mol. The molecule has 2 heterocycles. The van der Waals surface area contributed by atoms with Crippen LogP contribution in [0.4, 0.5) is 0 Å². The minimum atomic E-state index is 0.438. The van der Waals surface area contributed by atoms with Gasteiger partial charge in [-0.2, -0.15) is 0 Å². The highest BCUT2D eigenvalue weighted by Crippen LogP contribution is 1.87. The molecular weight excluding hydrogens is 184 g/mol. The largest absolute Gasteiger partial charge is 0.351 e. The van der Waals surface area contributed by atoms with Crippen molar-refractivity contribution in [1.82, 2.24) is 0 Å². The van der Waals surface area contributed by atoms with Crippen molar-refractivity contribution in [3.05, 3.63) is 24.3 Å². The van der Waals surface area contributed by atoms with E-state index in [4.69, 9.17) is 18.9 Å². The van der Waals surface area contributed by atoms with E-state index in [0.29, 0.717) is 40.0 Å². The minimum Gasteiger partial charge on any atom is -0.351 e. The van der Waals surface area contributed by atoms with Gasteiger partial charge in [0.1, 0.15) is 13.6 Å². The zero-order valence-electron chi connectivity index (χ0n) is 8.19. The second kappa shape index (κ2) is 8.90. The van der Waals surface area contributed by atoms with Crippen molar-refractivity contribution in [1.29, 1.82) is 0 Å². The van der Waals surface area contributed by atoms with Crippen LogP contribution >= 0.6 is 0 Å². The van der Waals surface area contributed by atoms with E-state index in [1.807, 2.05) is 24.3 Å². The van der Waals surface area contributed by atoms with Crippen molar-refractivity contribution in [2.24, 2.45) is 0 Å². The third-order valence-corrected chi connectivity index (χ3v) is 1.52. The van der Waals surface area contributed by atoms with Crippen LogP contribution in [-0.4, -0.2) is 40.0 Å². The highest BCUT2D eigenvalue weighted by molar-refractivity contribution is 4.82. The zero-order chi connectivity index (χ0) is 9.90. The Balaban J connectivity index is 0.000000140. The molecular formula is C10H16O4. The fourth-order valence-corrected chi connectivity index (χ4v) is 0.855. The van der Waals surface area contributed by atoms with E-state index in [0.717, 1.165) is 0 Å². The van der Waals surface area contributed by atoms with E-state index in [1.165, 1.54) is 0 Å². The van der Waals surface area contributed by atoms with Crippen LogP contribution in [0.15, 0.2) is 24.3 Å². The Morgan fingerprint density at radius 2 is 0.786 bits per heavy atom. The van der Waals surface area contributed by atoms with E-state index in [2.05, 4.69) is 0 Å². The van der Waals surface area contributed by atoms with Gasteiger partial charge >= 0.3 is 0 Å². The monoisotopic (exact) mass is 200 g/mol. The maximum Gasteiger partial charge on any atom is 0.147 e. The molecule has 0 aliphatic carbocycles. The highest BCUT2D eigenvalue weighted by Gasteiger charge is 1.87. The van der Waals surface area contributed by atoms with E-state index in [1.54, 1.807) is 0 Å². The van der Waals surface area contributed by atoms with Gasteiger partial charge in [-0.1, -0.05) is 24.3 Å². The van der Waals surface area contributed by atoms with Gasteiger partial charge in [-0.25, -0.2) is 0 Å². The normalized spacial score (nSPS) is 21.7. The molecule has 14 heavy (non-hydrogen) atoms. The smallest absolute Gasteiger partial charge is 0.147 e. The molecule has 0 bridgehead atoms. The van der Waals surface area contributed by atoms with Crippen molar-refractivity contribution in [3.63, 3.8) is 0 Å². The van der Waals surface area contributed by atoms with Gasteiger partial charge < -0.3 is 18.9 Å². The summed E-state index contributed by atoms with van der Waals surface area (Å²) in [5.74, 6) is 0. The molecule has 4 heteroatoms. The number of hydrogen-bond donors (Lipinski definition) is 0. The summed E-state index contributed by atoms with van der Waals surface area (Å²) in [5, 5.41) is 0. The molecule has 80 valence electrons. The van der Waals surface area contributed by atoms with Crippen molar-refractivity contribution in [3.8, 4) is 0 Å². The van der Waals surface area contributed by atoms with Crippen LogP contribution in [0.2, 0.25) is 0 Å². The van der Waals surface area contributed by atoms with E-state index in [-0.39, 0.29) is 0 Å². The van der Waals surface area contributed by atoms with Crippen molar-refractivity contribution >= 4 is 0 Å². The molecule has 0 fully saturated rings. The van der Waals surface area contributed by atoms with E-state index >= 15 is 0 Å². The van der Waals surface area contributed by atoms with Crippen LogP contribution in [-0.2, 0) is 18.9 Å². The van der Waals surface area contributed by atoms with Crippen molar-refractivity contribution in [2.45, 2.75) is 0 Å². The van der Waals surface area contributed by atoms with Crippen LogP contribution in [0, 0.1) is 0 Å². The van der Waals surface area contributed by atoms with Gasteiger partial charge in [-0.05, 0) is 0 Å². The summed E-state index contributed by atoms with van der Waals surface area (Å²) >= 11 is 0. The van der Waals surface area contributed by atoms with E-state index in [9.17, 15) is 0 Å². The molecule has 0 aromatic heterocycles. The van der Waals surface area contributed by atoms with Gasteiger partial charge in [0.25, 0.3) is 0 Å². The molecule has 0 atom stereocenters. The Morgan fingerprint density at radius 3 is 1.07 bits per heavy atom. The Kier molecular flexibility index (Phi) is 7.24. The molecule has 0 radical (unpaired) electrons. The summed E-state index contributed by atoms with van der Waals surface area (Å²) in [7, 11) is 0. The third kappa shape index (κ3) is 6.80. The molecule has 0 amide bonds. The average Bonchev–Trinajstić information content (AvgIpc) is 2.68. The molecule has 0 saturated carbocycles. The summed E-state index contributed by atoms with van der Waals surface area (Å²) in [6, 6.07) is 0. The van der Waals surface area contributed by atoms with E-state index < -0.39 is 0 Å². The molecule has 2 aliphatic heterocycles. The molecule has 0 aromatic carbocycles. The molecule has 2 rings (SSSR count). The lowest BCUT2D eigenvalue weighted by molar-refractivity contribution is -0.0267. The first kappa shape index (κ1) is 11.4. The summed E-state index contributed by atoms with van der Waals surface area (Å²) in [4.78, 5) is 0. The SMILES string of the molecule is C1=CCOCOC1.C1=CCOCOC1. The number of rotatable bonds is 0. The summed E-state index contributed by atoms with van der Waals surface area (Å²) in [5.41, 5.74) is 0. The van der Waals surface area contributed by atoms with Crippen LogP contribution in [0.25, 0.3) is 0 Å². The lowest BCUT2D eigenvalue weighted by atomic mass is 10.5. The fourth-order valence-electron chi connectivity index (χ4n) is 0.855. The maximum absolute atomic E-state index is 4.89. The highest BCUT2D eigenvalue weighted by atomic mass is 16.7. The molecule has 0 spiro atoms. The standard InChI is InChI=1S/2C5H8O2/c2*1-2-4-7-5-6-3-1/h2*1-2H,3-5H2. The molecule has 0 unspecified atom stereocenters. The first-order valence-corrected chi connectivity index (χ1v) is 4.61. The summed E-state index contributed by atoms with van der Waals surface area (Å²) < 4.78 is 19.5. The summed E-state index contributed by atoms with van der Waals surface area (Å²) in [6.07, 6.45) is 7.81. The van der Waals surface area contributed by atoms with Crippen molar-refractivity contribution < 1.29 is 18.9 Å². The molecule has 0 N–H and O–H groups in total.